The number of nitrogens with one attached hydrogen (secondary N) is 1. The van der Waals surface area contributed by atoms with E-state index in [4.69, 9.17) is 9.47 Å². The predicted octanol–water partition coefficient (Wildman–Crippen LogP) is 3.53. The molecule has 8 heteroatoms. The first-order chi connectivity index (χ1) is 12.0. The normalized spacial score (nSPS) is 10.7. The van der Waals surface area contributed by atoms with Gasteiger partial charge in [0.1, 0.15) is 5.75 Å². The second kappa shape index (κ2) is 9.80. The molecule has 0 fully saturated rings. The van der Waals surface area contributed by atoms with Gasteiger partial charge in [0.2, 0.25) is 0 Å². The highest BCUT2D eigenvalue weighted by atomic mass is 127. The van der Waals surface area contributed by atoms with Crippen molar-refractivity contribution in [1.29, 1.82) is 0 Å². The minimum atomic E-state index is -0.384. The summed E-state index contributed by atoms with van der Waals surface area (Å²) >= 11 is 4.07. The van der Waals surface area contributed by atoms with E-state index in [1.807, 2.05) is 64.2 Å². The summed E-state index contributed by atoms with van der Waals surface area (Å²) in [6.07, 6.45) is 1.51. The third-order valence-corrected chi connectivity index (χ3v) is 4.59. The number of carbonyl (C=O) groups excluding carboxylic acids is 1. The molecule has 1 amide bonds. The quantitative estimate of drug-likeness (QED) is 0.306. The van der Waals surface area contributed by atoms with Crippen LogP contribution in [0.5, 0.6) is 17.2 Å². The van der Waals surface area contributed by atoms with Gasteiger partial charge < -0.3 is 14.6 Å². The zero-order valence-corrected chi connectivity index (χ0v) is 17.6. The highest BCUT2D eigenvalue weighted by Gasteiger charge is 2.07. The van der Waals surface area contributed by atoms with Crippen molar-refractivity contribution in [3.8, 4) is 17.2 Å². The SMILES string of the molecule is CCOc1ccccc1OCC(=O)N/N=C\c1cc(I)c(O)c(I)c1. The van der Waals surface area contributed by atoms with Crippen LogP contribution in [0.3, 0.4) is 0 Å². The number of phenolic OH excluding ortho intramolecular Hbond substituents is 1. The molecule has 2 aromatic rings. The number of halogens is 2. The Labute approximate surface area is 172 Å². The van der Waals surface area contributed by atoms with E-state index in [2.05, 4.69) is 10.5 Å². The number of para-hydroxylation sites is 2. The van der Waals surface area contributed by atoms with Gasteiger partial charge in [0.15, 0.2) is 18.1 Å². The summed E-state index contributed by atoms with van der Waals surface area (Å²) < 4.78 is 12.3. The number of hydrogen-bond donors (Lipinski definition) is 2. The van der Waals surface area contributed by atoms with Gasteiger partial charge >= 0.3 is 0 Å². The van der Waals surface area contributed by atoms with Crippen molar-refractivity contribution >= 4 is 57.3 Å². The summed E-state index contributed by atoms with van der Waals surface area (Å²) in [5, 5.41) is 13.6. The highest BCUT2D eigenvalue weighted by Crippen LogP contribution is 2.27. The minimum absolute atomic E-state index is 0.175. The maximum Gasteiger partial charge on any atom is 0.277 e. The molecule has 0 saturated carbocycles. The Morgan fingerprint density at radius 2 is 1.80 bits per heavy atom. The summed E-state index contributed by atoms with van der Waals surface area (Å²) in [4.78, 5) is 11.8. The second-order valence-corrected chi connectivity index (χ2v) is 7.12. The number of aromatic hydroxyl groups is 1. The van der Waals surface area contributed by atoms with Crippen LogP contribution < -0.4 is 14.9 Å². The Hall–Kier alpha value is -1.56. The fourth-order valence-electron chi connectivity index (χ4n) is 1.86. The molecule has 2 rings (SSSR count). The van der Waals surface area contributed by atoms with E-state index in [9.17, 15) is 9.90 Å². The van der Waals surface area contributed by atoms with Crippen molar-refractivity contribution in [2.45, 2.75) is 6.92 Å². The second-order valence-electron chi connectivity index (χ2n) is 4.79. The van der Waals surface area contributed by atoms with E-state index < -0.39 is 0 Å². The van der Waals surface area contributed by atoms with E-state index in [0.717, 1.165) is 5.56 Å². The maximum atomic E-state index is 11.8. The molecule has 0 aliphatic carbocycles. The number of nitrogens with zero attached hydrogens (tertiary/aromatic N) is 1. The van der Waals surface area contributed by atoms with E-state index in [0.29, 0.717) is 25.2 Å². The number of phenols is 1. The molecule has 0 spiro atoms. The first-order valence-corrected chi connectivity index (χ1v) is 9.51. The largest absolute Gasteiger partial charge is 0.506 e. The monoisotopic (exact) mass is 566 g/mol. The summed E-state index contributed by atoms with van der Waals surface area (Å²) in [6.45, 7) is 2.22. The van der Waals surface area contributed by atoms with Crippen molar-refractivity contribution in [2.75, 3.05) is 13.2 Å². The van der Waals surface area contributed by atoms with E-state index in [1.165, 1.54) is 6.21 Å². The average molecular weight is 566 g/mol. The summed E-state index contributed by atoms with van der Waals surface area (Å²) in [5.41, 5.74) is 3.18. The molecule has 0 aliphatic heterocycles. The van der Waals surface area contributed by atoms with Crippen LogP contribution in [0.15, 0.2) is 41.5 Å². The Morgan fingerprint density at radius 3 is 2.40 bits per heavy atom. The van der Waals surface area contributed by atoms with Gasteiger partial charge in [-0.05, 0) is 81.9 Å². The van der Waals surface area contributed by atoms with Gasteiger partial charge in [-0.3, -0.25) is 4.79 Å². The fraction of sp³-hybridized carbons (Fsp3) is 0.176. The standard InChI is InChI=1S/C17H16I2N2O4/c1-2-24-14-5-3-4-6-15(14)25-10-16(22)21-20-9-11-7-12(18)17(23)13(19)8-11/h3-9,23H,2,10H2,1H3,(H,21,22)/b20-9-. The molecule has 0 saturated heterocycles. The first kappa shape index (κ1) is 19.8. The van der Waals surface area contributed by atoms with Crippen LogP contribution in [0, 0.1) is 7.14 Å². The van der Waals surface area contributed by atoms with Gasteiger partial charge in [-0.2, -0.15) is 5.10 Å². The Kier molecular flexibility index (Phi) is 7.75. The van der Waals surface area contributed by atoms with Gasteiger partial charge in [-0.25, -0.2) is 5.43 Å². The molecule has 132 valence electrons. The van der Waals surface area contributed by atoms with Crippen LogP contribution in [0.1, 0.15) is 12.5 Å². The van der Waals surface area contributed by atoms with Gasteiger partial charge in [-0.15, -0.1) is 0 Å². The number of benzene rings is 2. The zero-order valence-electron chi connectivity index (χ0n) is 13.3. The molecule has 0 unspecified atom stereocenters. The Bertz CT molecular complexity index is 758. The maximum absolute atomic E-state index is 11.8. The smallest absolute Gasteiger partial charge is 0.277 e. The fourth-order valence-corrected chi connectivity index (χ4v) is 3.67. The first-order valence-electron chi connectivity index (χ1n) is 7.35. The Morgan fingerprint density at radius 1 is 1.20 bits per heavy atom. The third kappa shape index (κ3) is 6.03. The number of carbonyl (C=O) groups is 1. The molecule has 2 aromatic carbocycles. The molecule has 6 nitrogen and oxygen atoms in total. The lowest BCUT2D eigenvalue weighted by molar-refractivity contribution is -0.123. The summed E-state index contributed by atoms with van der Waals surface area (Å²) in [5.74, 6) is 0.954. The van der Waals surface area contributed by atoms with E-state index in [-0.39, 0.29) is 18.3 Å². The molecule has 0 aliphatic rings. The van der Waals surface area contributed by atoms with Crippen molar-refractivity contribution < 1.29 is 19.4 Å². The molecule has 0 bridgehead atoms. The molecule has 25 heavy (non-hydrogen) atoms. The lowest BCUT2D eigenvalue weighted by Gasteiger charge is -2.10. The third-order valence-electron chi connectivity index (χ3n) is 2.95. The van der Waals surface area contributed by atoms with E-state index in [1.54, 1.807) is 24.3 Å². The molecule has 0 heterocycles. The summed E-state index contributed by atoms with van der Waals surface area (Å²) in [6, 6.07) is 10.7. The molecule has 0 atom stereocenters. The van der Waals surface area contributed by atoms with Crippen LogP contribution >= 0.6 is 45.2 Å². The molecule has 0 aromatic heterocycles. The Balaban J connectivity index is 1.89. The number of rotatable bonds is 7. The molecule has 0 radical (unpaired) electrons. The lowest BCUT2D eigenvalue weighted by Crippen LogP contribution is -2.24. The highest BCUT2D eigenvalue weighted by molar-refractivity contribution is 14.1. The molecular formula is C17H16I2N2O4. The van der Waals surface area contributed by atoms with Crippen LogP contribution in [0.2, 0.25) is 0 Å². The number of hydrazone groups is 1. The van der Waals surface area contributed by atoms with E-state index >= 15 is 0 Å². The van der Waals surface area contributed by atoms with Gasteiger partial charge in [0, 0.05) is 0 Å². The number of amides is 1. The average Bonchev–Trinajstić information content (AvgIpc) is 2.59. The number of hydrogen-bond acceptors (Lipinski definition) is 5. The van der Waals surface area contributed by atoms with Crippen molar-refractivity contribution in [3.63, 3.8) is 0 Å². The van der Waals surface area contributed by atoms with Crippen molar-refractivity contribution in [3.05, 3.63) is 49.1 Å². The molecule has 2 N–H and O–H groups in total. The van der Waals surface area contributed by atoms with Gasteiger partial charge in [0.25, 0.3) is 5.91 Å². The lowest BCUT2D eigenvalue weighted by atomic mass is 10.2. The minimum Gasteiger partial charge on any atom is -0.506 e. The van der Waals surface area contributed by atoms with Crippen LogP contribution in [-0.2, 0) is 4.79 Å². The topological polar surface area (TPSA) is 80.2 Å². The van der Waals surface area contributed by atoms with Crippen LogP contribution in [0.4, 0.5) is 0 Å². The number of ether oxygens (including phenoxy) is 2. The molecular weight excluding hydrogens is 550 g/mol. The van der Waals surface area contributed by atoms with Crippen molar-refractivity contribution in [2.24, 2.45) is 5.10 Å². The van der Waals surface area contributed by atoms with Crippen LogP contribution in [-0.4, -0.2) is 30.4 Å². The van der Waals surface area contributed by atoms with Crippen LogP contribution in [0.25, 0.3) is 0 Å². The zero-order chi connectivity index (χ0) is 18.2. The van der Waals surface area contributed by atoms with Gasteiger partial charge in [-0.1, -0.05) is 12.1 Å². The van der Waals surface area contributed by atoms with Gasteiger partial charge in [0.05, 0.1) is 20.0 Å². The summed E-state index contributed by atoms with van der Waals surface area (Å²) in [7, 11) is 0. The predicted molar refractivity (Wildman–Crippen MR) is 112 cm³/mol. The van der Waals surface area contributed by atoms with Crippen molar-refractivity contribution in [1.82, 2.24) is 5.43 Å².